The van der Waals surface area contributed by atoms with Gasteiger partial charge >= 0.3 is 11.9 Å². The summed E-state index contributed by atoms with van der Waals surface area (Å²) in [5.74, 6) is -1.75. The molecular formula is C15H19N3O6. The van der Waals surface area contributed by atoms with Gasteiger partial charge in [-0.05, 0) is 25.0 Å². The van der Waals surface area contributed by atoms with E-state index in [2.05, 4.69) is 0 Å². The fraction of sp³-hybridized carbons (Fsp3) is 0.467. The number of esters is 1. The van der Waals surface area contributed by atoms with E-state index in [0.717, 1.165) is 11.4 Å². The summed E-state index contributed by atoms with van der Waals surface area (Å²) in [5, 5.41) is 11.9. The van der Waals surface area contributed by atoms with E-state index in [9.17, 15) is 9.59 Å². The molecule has 0 saturated carbocycles. The summed E-state index contributed by atoms with van der Waals surface area (Å²) in [6.45, 7) is 2.58. The van der Waals surface area contributed by atoms with Crippen molar-refractivity contribution >= 4 is 11.9 Å². The number of carbonyl (C=O) groups excluding carboxylic acids is 1. The molecule has 0 radical (unpaired) electrons. The highest BCUT2D eigenvalue weighted by Gasteiger charge is 2.31. The van der Waals surface area contributed by atoms with Crippen LogP contribution in [0.3, 0.4) is 0 Å². The number of benzene rings is 1. The normalized spacial score (nSPS) is 19.0. The van der Waals surface area contributed by atoms with E-state index in [-0.39, 0.29) is 0 Å². The summed E-state index contributed by atoms with van der Waals surface area (Å²) in [6.07, 6.45) is 0.539. The molecule has 2 aromatic rings. The Hall–Kier alpha value is -2.84. The highest BCUT2D eigenvalue weighted by Crippen LogP contribution is 2.17. The van der Waals surface area contributed by atoms with Crippen molar-refractivity contribution in [3.8, 4) is 0 Å². The molecule has 9 heteroatoms. The molecule has 1 N–H and O–H groups in total. The molecule has 2 atom stereocenters. The summed E-state index contributed by atoms with van der Waals surface area (Å²) < 4.78 is 10.3. The predicted octanol–water partition coefficient (Wildman–Crippen LogP) is 0.947. The number of carboxylic acids is 1. The maximum atomic E-state index is 11.9. The van der Waals surface area contributed by atoms with E-state index in [1.807, 2.05) is 0 Å². The van der Waals surface area contributed by atoms with Crippen molar-refractivity contribution in [2.75, 3.05) is 18.1 Å². The first-order chi connectivity index (χ1) is 11.5. The van der Waals surface area contributed by atoms with Crippen LogP contribution in [0.1, 0.15) is 30.1 Å². The van der Waals surface area contributed by atoms with Crippen molar-refractivity contribution in [2.45, 2.75) is 26.1 Å². The average molecular weight is 337 g/mol. The minimum Gasteiger partial charge on any atom is -0.481 e. The van der Waals surface area contributed by atoms with Crippen LogP contribution in [0.5, 0.6) is 0 Å². The number of aliphatic carboxylic acids is 1. The average Bonchev–Trinajstić information content (AvgIpc) is 3.34. The largest absolute Gasteiger partial charge is 0.481 e. The summed E-state index contributed by atoms with van der Waals surface area (Å²) in [5.41, 5.74) is 0.428. The van der Waals surface area contributed by atoms with Crippen molar-refractivity contribution in [3.05, 3.63) is 35.9 Å². The summed E-state index contributed by atoms with van der Waals surface area (Å²) in [7, 11) is 0. The molecule has 0 amide bonds. The van der Waals surface area contributed by atoms with Crippen molar-refractivity contribution in [2.24, 2.45) is 5.92 Å². The lowest BCUT2D eigenvalue weighted by molar-refractivity contribution is -0.142. The maximum absolute atomic E-state index is 11.9. The van der Waals surface area contributed by atoms with Gasteiger partial charge in [-0.3, -0.25) is 9.80 Å². The zero-order valence-corrected chi connectivity index (χ0v) is 13.2. The van der Waals surface area contributed by atoms with E-state index in [4.69, 9.17) is 19.3 Å². The van der Waals surface area contributed by atoms with Crippen molar-refractivity contribution in [1.82, 2.24) is 9.98 Å². The Balaban J connectivity index is 1.50. The zero-order chi connectivity index (χ0) is 17.1. The third-order valence-electron chi connectivity index (χ3n) is 3.77. The molecule has 1 saturated heterocycles. The molecule has 9 nitrogen and oxygen atoms in total. The first-order valence-electron chi connectivity index (χ1n) is 7.73. The third kappa shape index (κ3) is 3.73. The molecule has 2 unspecified atom stereocenters. The van der Waals surface area contributed by atoms with Crippen molar-refractivity contribution in [1.29, 1.82) is 0 Å². The predicted molar refractivity (Wildman–Crippen MR) is 80.9 cm³/mol. The van der Waals surface area contributed by atoms with E-state index in [0.29, 0.717) is 25.1 Å². The number of hydrogen-bond donors (Lipinski definition) is 1. The Bertz CT molecular complexity index is 688. The van der Waals surface area contributed by atoms with Gasteiger partial charge in [-0.25, -0.2) is 4.79 Å². The molecule has 0 aliphatic carbocycles. The number of rotatable bonds is 6. The number of nitrogens with zero attached hydrogens (tertiary/aromatic N) is 3. The smallest absolute Gasteiger partial charge is 0.341 e. The van der Waals surface area contributed by atoms with Crippen molar-refractivity contribution < 1.29 is 28.9 Å². The van der Waals surface area contributed by atoms with Gasteiger partial charge in [0.2, 0.25) is 0 Å². The Morgan fingerprint density at radius 1 is 1.33 bits per heavy atom. The Kier molecular flexibility index (Phi) is 4.50. The Morgan fingerprint density at radius 2 is 2.08 bits per heavy atom. The lowest BCUT2D eigenvalue weighted by Crippen LogP contribution is -2.44. The number of hydrogen-bond acceptors (Lipinski definition) is 6. The van der Waals surface area contributed by atoms with Crippen LogP contribution in [-0.2, 0) is 9.53 Å². The highest BCUT2D eigenvalue weighted by atomic mass is 17.0. The van der Waals surface area contributed by atoms with Gasteiger partial charge in [0, 0.05) is 18.4 Å². The number of carbonyl (C=O) groups is 2. The van der Waals surface area contributed by atoms with Crippen LogP contribution in [0.2, 0.25) is 0 Å². The second-order valence-electron chi connectivity index (χ2n) is 5.61. The molecule has 1 aliphatic heterocycles. The fourth-order valence-corrected chi connectivity index (χ4v) is 2.52. The molecule has 24 heavy (non-hydrogen) atoms. The summed E-state index contributed by atoms with van der Waals surface area (Å²) in [4.78, 5) is 29.6. The third-order valence-corrected chi connectivity index (χ3v) is 3.77. The number of piperidine rings is 1. The number of ether oxygens (including phenoxy) is 1. The Labute approximate surface area is 137 Å². The van der Waals surface area contributed by atoms with Crippen LogP contribution in [0.15, 0.2) is 35.0 Å². The van der Waals surface area contributed by atoms with E-state index < -0.39 is 24.1 Å². The number of aromatic nitrogens is 2. The SMILES string of the molecule is CC(OC(=O)c1ccccc1)On1on1N1CCCC(C(=O)O)C1. The highest BCUT2D eigenvalue weighted by molar-refractivity contribution is 5.89. The molecule has 1 aromatic carbocycles. The van der Waals surface area contributed by atoms with Gasteiger partial charge in [-0.2, -0.15) is 4.63 Å². The van der Waals surface area contributed by atoms with E-state index in [1.54, 1.807) is 42.3 Å². The molecule has 3 rings (SSSR count). The molecule has 0 spiro atoms. The van der Waals surface area contributed by atoms with Crippen LogP contribution in [-0.4, -0.2) is 46.4 Å². The lowest BCUT2D eigenvalue weighted by atomic mass is 10.00. The summed E-state index contributed by atoms with van der Waals surface area (Å²) >= 11 is 0. The first kappa shape index (κ1) is 16.0. The first-order valence-corrected chi connectivity index (χ1v) is 7.73. The van der Waals surface area contributed by atoms with Crippen molar-refractivity contribution in [3.63, 3.8) is 0 Å². The minimum absolute atomic E-state index is 0.341. The minimum atomic E-state index is -0.859. The monoisotopic (exact) mass is 337 g/mol. The van der Waals surface area contributed by atoms with E-state index in [1.165, 1.54) is 4.96 Å². The second kappa shape index (κ2) is 6.73. The summed E-state index contributed by atoms with van der Waals surface area (Å²) in [6, 6.07) is 8.59. The molecule has 0 bridgehead atoms. The van der Waals surface area contributed by atoms with Gasteiger partial charge in [0.05, 0.1) is 18.0 Å². The zero-order valence-electron chi connectivity index (χ0n) is 13.2. The van der Waals surface area contributed by atoms with E-state index >= 15 is 0 Å². The molecular weight excluding hydrogens is 318 g/mol. The molecule has 1 fully saturated rings. The maximum Gasteiger partial charge on any atom is 0.341 e. The standard InChI is InChI=1S/C15H19N3O6/c1-11(22-15(21)12-6-3-2-4-7-12)23-18-17(24-18)16-9-5-8-13(10-16)14(19)20/h2-4,6-7,11,13H,5,8-10H2,1H3,(H,19,20). The topological polar surface area (TPSA) is 99.1 Å². The van der Waals surface area contributed by atoms with Crippen LogP contribution >= 0.6 is 0 Å². The van der Waals surface area contributed by atoms with Gasteiger partial charge in [-0.15, -0.1) is 0 Å². The quantitative estimate of drug-likeness (QED) is 0.619. The van der Waals surface area contributed by atoms with Gasteiger partial charge in [0.25, 0.3) is 6.29 Å². The van der Waals surface area contributed by atoms with Gasteiger partial charge in [-0.1, -0.05) is 18.2 Å². The number of carboxylic acid groups (broad SMARTS) is 1. The van der Waals surface area contributed by atoms with Gasteiger partial charge in [0.15, 0.2) is 0 Å². The molecule has 1 aliphatic rings. The lowest BCUT2D eigenvalue weighted by Gasteiger charge is -2.26. The molecule has 2 heterocycles. The van der Waals surface area contributed by atoms with Crippen LogP contribution < -0.4 is 9.85 Å². The van der Waals surface area contributed by atoms with Crippen LogP contribution in [0.25, 0.3) is 0 Å². The van der Waals surface area contributed by atoms with Gasteiger partial charge < -0.3 is 14.7 Å². The second-order valence-corrected chi connectivity index (χ2v) is 5.61. The molecule has 1 aromatic heterocycles. The van der Waals surface area contributed by atoms with Crippen LogP contribution in [0.4, 0.5) is 0 Å². The molecule has 130 valence electrons. The van der Waals surface area contributed by atoms with Crippen LogP contribution in [0, 0.1) is 5.92 Å². The Morgan fingerprint density at radius 3 is 2.79 bits per heavy atom. The van der Waals surface area contributed by atoms with Gasteiger partial charge in [0.1, 0.15) is 5.02 Å². The fourth-order valence-electron chi connectivity index (χ4n) is 2.52.